The van der Waals surface area contributed by atoms with Crippen molar-refractivity contribution in [3.63, 3.8) is 0 Å². The maximum Gasteiger partial charge on any atom is 0.197 e. The fraction of sp³-hybridized carbons (Fsp3) is 0.619. The smallest absolute Gasteiger partial charge is 0.137 e. The van der Waals surface area contributed by atoms with Crippen molar-refractivity contribution in [2.45, 2.75) is 77.7 Å². The van der Waals surface area contributed by atoms with Gasteiger partial charge in [0.25, 0.3) is 0 Å². The number of hydrogen-bond donors (Lipinski definition) is 0. The average Bonchev–Trinajstić information content (AvgIpc) is 2.98. The summed E-state index contributed by atoms with van der Waals surface area (Å²) in [7, 11) is 2.03. The maximum atomic E-state index is 4.60. The Hall–Kier alpha value is -1.64. The normalized spacial score (nSPS) is 11.1. The molecule has 0 spiro atoms. The lowest BCUT2D eigenvalue weighted by atomic mass is 10.1. The fourth-order valence-corrected chi connectivity index (χ4v) is 3.21. The zero-order chi connectivity index (χ0) is 17.0. The van der Waals surface area contributed by atoms with E-state index >= 15 is 0 Å². The van der Waals surface area contributed by atoms with Crippen LogP contribution in [0.15, 0.2) is 36.5 Å². The van der Waals surface area contributed by atoms with Gasteiger partial charge in [-0.25, -0.2) is 0 Å². The Bertz CT molecular complexity index is 560. The number of unbranched alkanes of at least 4 members (excludes halogenated alkanes) is 9. The predicted octanol–water partition coefficient (Wildman–Crippen LogP) is 5.30. The second-order valence-electron chi connectivity index (χ2n) is 6.84. The van der Waals surface area contributed by atoms with Crippen LogP contribution in [0.25, 0.3) is 11.3 Å². The van der Waals surface area contributed by atoms with Crippen LogP contribution in [0.5, 0.6) is 0 Å². The first-order valence-corrected chi connectivity index (χ1v) is 9.80. The highest BCUT2D eigenvalue weighted by Gasteiger charge is 2.13. The van der Waals surface area contributed by atoms with Crippen LogP contribution in [-0.2, 0) is 13.6 Å². The van der Waals surface area contributed by atoms with Gasteiger partial charge in [-0.3, -0.25) is 0 Å². The number of hydrogen-bond acceptors (Lipinski definition) is 1. The van der Waals surface area contributed by atoms with Gasteiger partial charge in [0.05, 0.1) is 5.21 Å². The molecule has 0 unspecified atom stereocenters. The third kappa shape index (κ3) is 6.46. The van der Waals surface area contributed by atoms with Crippen LogP contribution in [0.1, 0.15) is 71.1 Å². The van der Waals surface area contributed by atoms with Gasteiger partial charge in [-0.1, -0.05) is 88.6 Å². The molecular formula is C21H34N3+. The molecule has 0 fully saturated rings. The van der Waals surface area contributed by atoms with Crippen molar-refractivity contribution in [2.75, 3.05) is 0 Å². The minimum atomic E-state index is 1.02. The first-order chi connectivity index (χ1) is 11.8. The van der Waals surface area contributed by atoms with Gasteiger partial charge in [0.1, 0.15) is 13.6 Å². The van der Waals surface area contributed by atoms with E-state index in [9.17, 15) is 0 Å². The average molecular weight is 329 g/mol. The monoisotopic (exact) mass is 328 g/mol. The number of nitrogens with zero attached hydrogens (tertiary/aromatic N) is 3. The fourth-order valence-electron chi connectivity index (χ4n) is 3.21. The molecule has 24 heavy (non-hydrogen) atoms. The Balaban J connectivity index is 1.60. The molecule has 0 bridgehead atoms. The van der Waals surface area contributed by atoms with Gasteiger partial charge in [-0.05, 0) is 12.8 Å². The highest BCUT2D eigenvalue weighted by molar-refractivity contribution is 5.57. The SMILES string of the molecule is CCCCCCCCCCCC[n+]1cc(-c2ccccc2)n(C)n1. The van der Waals surface area contributed by atoms with Crippen LogP contribution in [-0.4, -0.2) is 9.90 Å². The Labute approximate surface area is 147 Å². The van der Waals surface area contributed by atoms with Crippen molar-refractivity contribution in [3.05, 3.63) is 36.5 Å². The van der Waals surface area contributed by atoms with Crippen molar-refractivity contribution in [1.29, 1.82) is 0 Å². The summed E-state index contributed by atoms with van der Waals surface area (Å²) < 4.78 is 4.07. The molecule has 1 aromatic carbocycles. The van der Waals surface area contributed by atoms with Crippen LogP contribution >= 0.6 is 0 Å². The molecule has 0 saturated carbocycles. The van der Waals surface area contributed by atoms with Gasteiger partial charge in [-0.15, -0.1) is 9.36 Å². The van der Waals surface area contributed by atoms with Gasteiger partial charge in [0, 0.05) is 5.56 Å². The zero-order valence-electron chi connectivity index (χ0n) is 15.6. The van der Waals surface area contributed by atoms with Crippen LogP contribution in [0.3, 0.4) is 0 Å². The number of aromatic nitrogens is 3. The second-order valence-corrected chi connectivity index (χ2v) is 6.84. The minimum absolute atomic E-state index is 1.02. The van der Waals surface area contributed by atoms with Crippen molar-refractivity contribution in [2.24, 2.45) is 7.05 Å². The molecule has 0 N–H and O–H groups in total. The Morgan fingerprint density at radius 3 is 2.04 bits per heavy atom. The van der Waals surface area contributed by atoms with E-state index in [-0.39, 0.29) is 0 Å². The van der Waals surface area contributed by atoms with E-state index in [0.717, 1.165) is 6.54 Å². The molecule has 132 valence electrons. The van der Waals surface area contributed by atoms with Gasteiger partial charge in [0.15, 0.2) is 11.9 Å². The predicted molar refractivity (Wildman–Crippen MR) is 101 cm³/mol. The van der Waals surface area contributed by atoms with Crippen molar-refractivity contribution in [1.82, 2.24) is 9.90 Å². The molecule has 2 aromatic rings. The van der Waals surface area contributed by atoms with Crippen LogP contribution in [0.2, 0.25) is 0 Å². The lowest BCUT2D eigenvalue weighted by molar-refractivity contribution is -0.755. The standard InChI is InChI=1S/C21H34N3/c1-3-4-5-6-7-8-9-10-11-15-18-24-19-21(23(2)22-24)20-16-13-12-14-17-20/h12-14,16-17,19H,3-11,15,18H2,1-2H3/q+1. The summed E-state index contributed by atoms with van der Waals surface area (Å²) in [5.41, 5.74) is 2.41. The van der Waals surface area contributed by atoms with E-state index in [4.69, 9.17) is 0 Å². The van der Waals surface area contributed by atoms with E-state index in [1.54, 1.807) is 0 Å². The summed E-state index contributed by atoms with van der Waals surface area (Å²) in [5.74, 6) is 0. The molecule has 0 saturated heterocycles. The first-order valence-electron chi connectivity index (χ1n) is 9.80. The molecule has 0 amide bonds. The highest BCUT2D eigenvalue weighted by atomic mass is 15.5. The van der Waals surface area contributed by atoms with Crippen LogP contribution in [0.4, 0.5) is 0 Å². The van der Waals surface area contributed by atoms with Crippen molar-refractivity contribution >= 4 is 0 Å². The van der Waals surface area contributed by atoms with Crippen LogP contribution < -0.4 is 4.68 Å². The second kappa shape index (κ2) is 11.0. The summed E-state index contributed by atoms with van der Waals surface area (Å²) in [5, 5.41) is 4.60. The summed E-state index contributed by atoms with van der Waals surface area (Å²) in [6, 6.07) is 10.5. The molecule has 0 aliphatic rings. The molecule has 3 heteroatoms. The van der Waals surface area contributed by atoms with Crippen molar-refractivity contribution < 1.29 is 4.68 Å². The quantitative estimate of drug-likeness (QED) is 0.383. The van der Waals surface area contributed by atoms with Gasteiger partial charge in [0.2, 0.25) is 0 Å². The van der Waals surface area contributed by atoms with Crippen molar-refractivity contribution in [3.8, 4) is 11.3 Å². The lowest BCUT2D eigenvalue weighted by Crippen LogP contribution is -2.35. The Morgan fingerprint density at radius 2 is 1.42 bits per heavy atom. The molecule has 0 atom stereocenters. The van der Waals surface area contributed by atoms with E-state index in [1.165, 1.54) is 75.5 Å². The highest BCUT2D eigenvalue weighted by Crippen LogP contribution is 2.15. The van der Waals surface area contributed by atoms with Gasteiger partial charge < -0.3 is 0 Å². The molecule has 2 rings (SSSR count). The number of benzene rings is 1. The third-order valence-corrected chi connectivity index (χ3v) is 4.68. The first kappa shape index (κ1) is 18.7. The molecule has 1 heterocycles. The third-order valence-electron chi connectivity index (χ3n) is 4.68. The number of rotatable bonds is 12. The van der Waals surface area contributed by atoms with E-state index < -0.39 is 0 Å². The summed E-state index contributed by atoms with van der Waals surface area (Å²) in [4.78, 5) is 0. The Kier molecular flexibility index (Phi) is 8.58. The summed E-state index contributed by atoms with van der Waals surface area (Å²) in [6.07, 6.45) is 15.9. The van der Waals surface area contributed by atoms with Gasteiger partial charge >= 0.3 is 0 Å². The molecule has 0 aliphatic carbocycles. The lowest BCUT2D eigenvalue weighted by Gasteiger charge is -2.01. The molecule has 3 nitrogen and oxygen atoms in total. The number of aryl methyl sites for hydroxylation is 2. The van der Waals surface area contributed by atoms with Gasteiger partial charge in [-0.2, -0.15) is 0 Å². The van der Waals surface area contributed by atoms with E-state index in [1.807, 2.05) is 11.7 Å². The van der Waals surface area contributed by atoms with Crippen LogP contribution in [0, 0.1) is 0 Å². The molecule has 0 radical (unpaired) electrons. The topological polar surface area (TPSA) is 21.7 Å². The minimum Gasteiger partial charge on any atom is -0.137 e. The molecule has 1 aromatic heterocycles. The molecule has 0 aliphatic heterocycles. The van der Waals surface area contributed by atoms with E-state index in [0.29, 0.717) is 0 Å². The Morgan fingerprint density at radius 1 is 0.833 bits per heavy atom. The summed E-state index contributed by atoms with van der Waals surface area (Å²) >= 11 is 0. The molecular weight excluding hydrogens is 294 g/mol. The zero-order valence-corrected chi connectivity index (χ0v) is 15.6. The summed E-state index contributed by atoms with van der Waals surface area (Å²) in [6.45, 7) is 3.31. The maximum absolute atomic E-state index is 4.60. The van der Waals surface area contributed by atoms with E-state index in [2.05, 4.69) is 53.3 Å². The largest absolute Gasteiger partial charge is 0.197 e.